The fraction of sp³-hybridized carbons (Fsp3) is 0.167. The summed E-state index contributed by atoms with van der Waals surface area (Å²) in [5.74, 6) is -2.12. The Labute approximate surface area is 172 Å². The Kier molecular flexibility index (Phi) is 4.86. The highest BCUT2D eigenvalue weighted by Gasteiger charge is 2.32. The minimum absolute atomic E-state index is 0.0268. The summed E-state index contributed by atoms with van der Waals surface area (Å²) in [5, 5.41) is 2.49. The Morgan fingerprint density at radius 3 is 2.27 bits per heavy atom. The third kappa shape index (κ3) is 3.81. The lowest BCUT2D eigenvalue weighted by Crippen LogP contribution is -2.35. The van der Waals surface area contributed by atoms with Gasteiger partial charge in [0.1, 0.15) is 28.5 Å². The summed E-state index contributed by atoms with van der Waals surface area (Å²) < 4.78 is 33.4. The van der Waals surface area contributed by atoms with Gasteiger partial charge in [0.15, 0.2) is 5.78 Å². The normalized spacial score (nSPS) is 14.6. The summed E-state index contributed by atoms with van der Waals surface area (Å²) in [4.78, 5) is 24.7. The Bertz CT molecular complexity index is 1130. The lowest BCUT2D eigenvalue weighted by atomic mass is 9.91. The van der Waals surface area contributed by atoms with E-state index in [2.05, 4.69) is 5.32 Å². The zero-order chi connectivity index (χ0) is 21.5. The van der Waals surface area contributed by atoms with Gasteiger partial charge in [-0.25, -0.2) is 8.78 Å². The molecule has 30 heavy (non-hydrogen) atoms. The standard InChI is InChI=1S/C24H19F2NO3/c1-24(2)13-20(28)17-12-15(8-11-21(17)30-24)14-6-9-16(10-7-14)27-23(29)22-18(25)4-3-5-19(22)26/h3-12H,13H2,1-2H3,(H,27,29). The zero-order valence-corrected chi connectivity index (χ0v) is 16.5. The van der Waals surface area contributed by atoms with Crippen molar-refractivity contribution in [1.29, 1.82) is 0 Å². The minimum atomic E-state index is -0.923. The maximum atomic E-state index is 13.8. The van der Waals surface area contributed by atoms with Gasteiger partial charge in [-0.3, -0.25) is 9.59 Å². The fourth-order valence-corrected chi connectivity index (χ4v) is 3.49. The second-order valence-electron chi connectivity index (χ2n) is 7.80. The third-order valence-electron chi connectivity index (χ3n) is 4.92. The van der Waals surface area contributed by atoms with Gasteiger partial charge in [0.05, 0.1) is 12.0 Å². The topological polar surface area (TPSA) is 55.4 Å². The summed E-state index contributed by atoms with van der Waals surface area (Å²) >= 11 is 0. The van der Waals surface area contributed by atoms with Gasteiger partial charge in [-0.15, -0.1) is 0 Å². The van der Waals surface area contributed by atoms with E-state index in [-0.39, 0.29) is 5.78 Å². The van der Waals surface area contributed by atoms with E-state index >= 15 is 0 Å². The van der Waals surface area contributed by atoms with Crippen LogP contribution in [0.25, 0.3) is 11.1 Å². The molecule has 0 spiro atoms. The van der Waals surface area contributed by atoms with Gasteiger partial charge in [-0.1, -0.05) is 24.3 Å². The van der Waals surface area contributed by atoms with E-state index < -0.39 is 28.7 Å². The number of Topliss-reactive ketones (excluding diaryl/α,β-unsaturated/α-hetero) is 1. The summed E-state index contributed by atoms with van der Waals surface area (Å²) in [5.41, 5.74) is 1.43. The highest BCUT2D eigenvalue weighted by Crippen LogP contribution is 2.35. The number of hydrogen-bond acceptors (Lipinski definition) is 3. The molecule has 0 bridgehead atoms. The van der Waals surface area contributed by atoms with Crippen molar-refractivity contribution in [1.82, 2.24) is 0 Å². The van der Waals surface area contributed by atoms with Crippen LogP contribution in [-0.4, -0.2) is 17.3 Å². The van der Waals surface area contributed by atoms with E-state index in [9.17, 15) is 18.4 Å². The van der Waals surface area contributed by atoms with Crippen LogP contribution in [0, 0.1) is 11.6 Å². The van der Waals surface area contributed by atoms with E-state index in [4.69, 9.17) is 4.74 Å². The van der Waals surface area contributed by atoms with Gasteiger partial charge in [0.25, 0.3) is 5.91 Å². The molecule has 4 nitrogen and oxygen atoms in total. The molecule has 0 saturated carbocycles. The predicted molar refractivity (Wildman–Crippen MR) is 110 cm³/mol. The summed E-state index contributed by atoms with van der Waals surface area (Å²) in [6, 6.07) is 15.5. The Hall–Kier alpha value is -3.54. The quantitative estimate of drug-likeness (QED) is 0.612. The number of hydrogen-bond donors (Lipinski definition) is 1. The SMILES string of the molecule is CC1(C)CC(=O)c2cc(-c3ccc(NC(=O)c4c(F)cccc4F)cc3)ccc2O1. The number of benzene rings is 3. The number of nitrogens with one attached hydrogen (secondary N) is 1. The molecule has 3 aromatic rings. The van der Waals surface area contributed by atoms with Crippen LogP contribution in [0.2, 0.25) is 0 Å². The van der Waals surface area contributed by atoms with Gasteiger partial charge < -0.3 is 10.1 Å². The predicted octanol–water partition coefficient (Wildman–Crippen LogP) is 5.63. The Balaban J connectivity index is 1.55. The van der Waals surface area contributed by atoms with Crippen molar-refractivity contribution in [3.05, 3.63) is 83.4 Å². The van der Waals surface area contributed by atoms with Crippen LogP contribution < -0.4 is 10.1 Å². The third-order valence-corrected chi connectivity index (χ3v) is 4.92. The molecule has 1 aliphatic rings. The van der Waals surface area contributed by atoms with Gasteiger partial charge in [0.2, 0.25) is 0 Å². The van der Waals surface area contributed by atoms with Crippen LogP contribution >= 0.6 is 0 Å². The lowest BCUT2D eigenvalue weighted by Gasteiger charge is -2.31. The molecule has 1 N–H and O–H groups in total. The molecule has 0 saturated heterocycles. The number of fused-ring (bicyclic) bond motifs is 1. The van der Waals surface area contributed by atoms with Crippen LogP contribution in [0.4, 0.5) is 14.5 Å². The van der Waals surface area contributed by atoms with E-state index in [0.717, 1.165) is 23.3 Å². The van der Waals surface area contributed by atoms with E-state index in [1.54, 1.807) is 36.4 Å². The van der Waals surface area contributed by atoms with Gasteiger partial charge in [-0.2, -0.15) is 0 Å². The van der Waals surface area contributed by atoms with Crippen molar-refractivity contribution in [3.8, 4) is 16.9 Å². The Morgan fingerprint density at radius 1 is 0.967 bits per heavy atom. The fourth-order valence-electron chi connectivity index (χ4n) is 3.49. The van der Waals surface area contributed by atoms with E-state index in [1.807, 2.05) is 19.9 Å². The summed E-state index contributed by atoms with van der Waals surface area (Å²) in [7, 11) is 0. The monoisotopic (exact) mass is 407 g/mol. The molecule has 6 heteroatoms. The average Bonchev–Trinajstić information content (AvgIpc) is 2.67. The van der Waals surface area contributed by atoms with Crippen LogP contribution in [-0.2, 0) is 0 Å². The van der Waals surface area contributed by atoms with Crippen molar-refractivity contribution < 1.29 is 23.1 Å². The number of rotatable bonds is 3. The lowest BCUT2D eigenvalue weighted by molar-refractivity contribution is 0.0620. The first-order valence-electron chi connectivity index (χ1n) is 9.45. The molecule has 1 aliphatic heterocycles. The molecule has 0 radical (unpaired) electrons. The Morgan fingerprint density at radius 2 is 1.60 bits per heavy atom. The second kappa shape index (κ2) is 7.37. The van der Waals surface area contributed by atoms with Crippen molar-refractivity contribution in [2.75, 3.05) is 5.32 Å². The molecule has 0 aromatic heterocycles. The molecule has 1 amide bonds. The average molecular weight is 407 g/mol. The largest absolute Gasteiger partial charge is 0.487 e. The van der Waals surface area contributed by atoms with E-state index in [0.29, 0.717) is 23.4 Å². The molecule has 0 fully saturated rings. The summed E-state index contributed by atoms with van der Waals surface area (Å²) in [6.45, 7) is 3.75. The first kappa shape index (κ1) is 19.8. The minimum Gasteiger partial charge on any atom is -0.487 e. The number of amides is 1. The van der Waals surface area contributed by atoms with Crippen molar-refractivity contribution in [2.24, 2.45) is 0 Å². The molecule has 0 unspecified atom stereocenters. The molecular weight excluding hydrogens is 388 g/mol. The first-order valence-corrected chi connectivity index (χ1v) is 9.45. The maximum Gasteiger partial charge on any atom is 0.261 e. The zero-order valence-electron chi connectivity index (χ0n) is 16.5. The second-order valence-corrected chi connectivity index (χ2v) is 7.80. The number of anilines is 1. The van der Waals surface area contributed by atoms with E-state index in [1.165, 1.54) is 6.07 Å². The molecule has 0 aliphatic carbocycles. The van der Waals surface area contributed by atoms with Crippen molar-refractivity contribution in [3.63, 3.8) is 0 Å². The van der Waals surface area contributed by atoms with Crippen LogP contribution in [0.3, 0.4) is 0 Å². The maximum absolute atomic E-state index is 13.8. The van der Waals surface area contributed by atoms with Crippen LogP contribution in [0.1, 0.15) is 41.0 Å². The van der Waals surface area contributed by atoms with Gasteiger partial charge in [-0.05, 0) is 61.4 Å². The van der Waals surface area contributed by atoms with Crippen molar-refractivity contribution >= 4 is 17.4 Å². The number of carbonyl (C=O) groups excluding carboxylic acids is 2. The van der Waals surface area contributed by atoms with Gasteiger partial charge in [0, 0.05) is 5.69 Å². The summed E-state index contributed by atoms with van der Waals surface area (Å²) in [6.07, 6.45) is 0.307. The van der Waals surface area contributed by atoms with Gasteiger partial charge >= 0.3 is 0 Å². The number of ether oxygens (including phenoxy) is 1. The number of carbonyl (C=O) groups is 2. The highest BCUT2D eigenvalue weighted by atomic mass is 19.1. The molecule has 4 rings (SSSR count). The van der Waals surface area contributed by atoms with Crippen LogP contribution in [0.5, 0.6) is 5.75 Å². The highest BCUT2D eigenvalue weighted by molar-refractivity contribution is 6.05. The molecule has 1 heterocycles. The molecular formula is C24H19F2NO3. The molecule has 152 valence electrons. The van der Waals surface area contributed by atoms with Crippen molar-refractivity contribution in [2.45, 2.75) is 25.9 Å². The number of ketones is 1. The van der Waals surface area contributed by atoms with Crippen LogP contribution in [0.15, 0.2) is 60.7 Å². The first-order chi connectivity index (χ1) is 14.2. The molecule has 3 aromatic carbocycles. The molecule has 0 atom stereocenters. The number of halogens is 2. The smallest absolute Gasteiger partial charge is 0.261 e.